The molecule has 0 amide bonds. The number of aromatic nitrogens is 2. The summed E-state index contributed by atoms with van der Waals surface area (Å²) in [7, 11) is 0. The third-order valence-corrected chi connectivity index (χ3v) is 5.76. The number of hydrogen-bond donors (Lipinski definition) is 1. The fraction of sp³-hybridized carbons (Fsp3) is 0.316. The second-order valence-electron chi connectivity index (χ2n) is 6.42. The Bertz CT molecular complexity index is 873. The lowest BCUT2D eigenvalue weighted by molar-refractivity contribution is -0.142. The first-order valence-electron chi connectivity index (χ1n) is 8.40. The number of likely N-dealkylation sites (tertiary alicyclic amines) is 1. The second-order valence-corrected chi connectivity index (χ2v) is 7.48. The summed E-state index contributed by atoms with van der Waals surface area (Å²) in [5.74, 6) is -0.768. The Morgan fingerprint density at radius 1 is 1.32 bits per heavy atom. The van der Waals surface area contributed by atoms with E-state index in [0.717, 1.165) is 39.4 Å². The molecule has 1 aliphatic rings. The number of carbonyl (C=O) groups is 1. The van der Waals surface area contributed by atoms with Gasteiger partial charge in [-0.1, -0.05) is 18.2 Å². The molecule has 0 spiro atoms. The number of aliphatic carboxylic acids is 1. The topological polar surface area (TPSA) is 66.3 Å². The van der Waals surface area contributed by atoms with Gasteiger partial charge in [0, 0.05) is 12.7 Å². The van der Waals surface area contributed by atoms with E-state index in [2.05, 4.69) is 11.1 Å². The summed E-state index contributed by atoms with van der Waals surface area (Å²) in [6.07, 6.45) is 3.38. The van der Waals surface area contributed by atoms with Crippen LogP contribution in [-0.4, -0.2) is 38.5 Å². The monoisotopic (exact) mass is 353 g/mol. The van der Waals surface area contributed by atoms with Crippen LogP contribution in [0, 0.1) is 6.92 Å². The highest BCUT2D eigenvalue weighted by Crippen LogP contribution is 2.37. The Morgan fingerprint density at radius 3 is 2.88 bits per heavy atom. The van der Waals surface area contributed by atoms with E-state index in [1.807, 2.05) is 48.4 Å². The molecule has 25 heavy (non-hydrogen) atoms. The van der Waals surface area contributed by atoms with Gasteiger partial charge in [-0.15, -0.1) is 11.3 Å². The van der Waals surface area contributed by atoms with Crippen molar-refractivity contribution in [1.29, 1.82) is 0 Å². The van der Waals surface area contributed by atoms with E-state index in [1.54, 1.807) is 11.3 Å². The molecule has 3 heterocycles. The minimum absolute atomic E-state index is 0.221. The van der Waals surface area contributed by atoms with E-state index in [-0.39, 0.29) is 6.04 Å². The number of aryl methyl sites for hydroxylation is 1. The predicted molar refractivity (Wildman–Crippen MR) is 97.8 cm³/mol. The van der Waals surface area contributed by atoms with Crippen molar-refractivity contribution in [3.8, 4) is 0 Å². The van der Waals surface area contributed by atoms with Gasteiger partial charge in [0.05, 0.1) is 15.9 Å². The minimum Gasteiger partial charge on any atom is -0.480 e. The first-order valence-corrected chi connectivity index (χ1v) is 9.22. The fourth-order valence-electron chi connectivity index (χ4n) is 3.45. The van der Waals surface area contributed by atoms with E-state index < -0.39 is 12.0 Å². The van der Waals surface area contributed by atoms with Crippen molar-refractivity contribution in [2.24, 2.45) is 0 Å². The number of carboxylic acid groups (broad SMARTS) is 1. The number of rotatable bonds is 4. The van der Waals surface area contributed by atoms with Crippen LogP contribution in [0.4, 0.5) is 0 Å². The van der Waals surface area contributed by atoms with Gasteiger partial charge in [0.1, 0.15) is 17.1 Å². The lowest BCUT2D eigenvalue weighted by Crippen LogP contribution is -2.39. The van der Waals surface area contributed by atoms with Gasteiger partial charge < -0.3 is 5.11 Å². The zero-order valence-electron chi connectivity index (χ0n) is 13.9. The van der Waals surface area contributed by atoms with Gasteiger partial charge in [0.15, 0.2) is 0 Å². The molecule has 1 fully saturated rings. The van der Waals surface area contributed by atoms with Crippen LogP contribution in [0.1, 0.15) is 35.1 Å². The summed E-state index contributed by atoms with van der Waals surface area (Å²) < 4.78 is 1.11. The average molecular weight is 353 g/mol. The summed E-state index contributed by atoms with van der Waals surface area (Å²) in [6.45, 7) is 2.74. The highest BCUT2D eigenvalue weighted by Gasteiger charge is 2.38. The lowest BCUT2D eigenvalue weighted by Gasteiger charge is -2.29. The van der Waals surface area contributed by atoms with Crippen molar-refractivity contribution in [3.05, 3.63) is 58.9 Å². The number of thiazole rings is 1. The Labute approximate surface area is 150 Å². The lowest BCUT2D eigenvalue weighted by atomic mass is 10.1. The number of nitrogens with zero attached hydrogens (tertiary/aromatic N) is 3. The van der Waals surface area contributed by atoms with Crippen molar-refractivity contribution in [2.45, 2.75) is 31.8 Å². The van der Waals surface area contributed by atoms with Crippen LogP contribution in [0.3, 0.4) is 0 Å². The maximum absolute atomic E-state index is 11.7. The average Bonchev–Trinajstić information content (AvgIpc) is 3.24. The first-order chi connectivity index (χ1) is 12.1. The van der Waals surface area contributed by atoms with Crippen molar-refractivity contribution in [1.82, 2.24) is 14.9 Å². The third-order valence-electron chi connectivity index (χ3n) is 4.67. The Hall–Kier alpha value is -2.31. The molecule has 4 rings (SSSR count). The number of pyridine rings is 1. The Balaban J connectivity index is 1.83. The number of benzene rings is 1. The SMILES string of the molecule is Cc1ccc(C(c2nc3ccccc3s2)N2CCCC2C(=O)O)nc1. The molecule has 128 valence electrons. The Kier molecular flexibility index (Phi) is 4.23. The zero-order chi connectivity index (χ0) is 17.4. The molecule has 0 saturated carbocycles. The molecule has 5 nitrogen and oxygen atoms in total. The van der Waals surface area contributed by atoms with Gasteiger partial charge in [-0.3, -0.25) is 14.7 Å². The molecule has 0 bridgehead atoms. The zero-order valence-corrected chi connectivity index (χ0v) is 14.7. The molecule has 2 unspecified atom stereocenters. The molecule has 0 radical (unpaired) electrons. The number of carboxylic acids is 1. The van der Waals surface area contributed by atoms with E-state index >= 15 is 0 Å². The van der Waals surface area contributed by atoms with E-state index in [1.165, 1.54) is 0 Å². The minimum atomic E-state index is -0.768. The van der Waals surface area contributed by atoms with Crippen molar-refractivity contribution < 1.29 is 9.90 Å². The van der Waals surface area contributed by atoms with Crippen LogP contribution in [-0.2, 0) is 4.79 Å². The maximum Gasteiger partial charge on any atom is 0.320 e. The molecule has 1 aliphatic heterocycles. The smallest absolute Gasteiger partial charge is 0.320 e. The largest absolute Gasteiger partial charge is 0.480 e. The summed E-state index contributed by atoms with van der Waals surface area (Å²) in [5, 5.41) is 10.5. The van der Waals surface area contributed by atoms with Crippen LogP contribution in [0.25, 0.3) is 10.2 Å². The van der Waals surface area contributed by atoms with Crippen molar-refractivity contribution in [3.63, 3.8) is 0 Å². The van der Waals surface area contributed by atoms with Gasteiger partial charge in [-0.2, -0.15) is 0 Å². The molecule has 1 N–H and O–H groups in total. The molecule has 6 heteroatoms. The summed E-state index contributed by atoms with van der Waals surface area (Å²) in [4.78, 5) is 23.2. The summed E-state index contributed by atoms with van der Waals surface area (Å²) in [5.41, 5.74) is 2.89. The molecule has 2 atom stereocenters. The molecular formula is C19H19N3O2S. The van der Waals surface area contributed by atoms with Crippen molar-refractivity contribution in [2.75, 3.05) is 6.54 Å². The molecule has 1 aromatic carbocycles. The van der Waals surface area contributed by atoms with E-state index in [4.69, 9.17) is 4.98 Å². The van der Waals surface area contributed by atoms with Crippen LogP contribution in [0.15, 0.2) is 42.6 Å². The highest BCUT2D eigenvalue weighted by atomic mass is 32.1. The summed E-state index contributed by atoms with van der Waals surface area (Å²) >= 11 is 1.62. The third kappa shape index (κ3) is 3.03. The highest BCUT2D eigenvalue weighted by molar-refractivity contribution is 7.18. The van der Waals surface area contributed by atoms with E-state index in [9.17, 15) is 9.90 Å². The number of fused-ring (bicyclic) bond motifs is 1. The Morgan fingerprint density at radius 2 is 2.16 bits per heavy atom. The maximum atomic E-state index is 11.7. The van der Waals surface area contributed by atoms with Gasteiger partial charge in [-0.05, 0) is 43.5 Å². The quantitative estimate of drug-likeness (QED) is 0.776. The van der Waals surface area contributed by atoms with Crippen molar-refractivity contribution >= 4 is 27.5 Å². The summed E-state index contributed by atoms with van der Waals surface area (Å²) in [6, 6.07) is 11.3. The van der Waals surface area contributed by atoms with Gasteiger partial charge >= 0.3 is 5.97 Å². The molecule has 3 aromatic rings. The van der Waals surface area contributed by atoms with Gasteiger partial charge in [0.25, 0.3) is 0 Å². The normalized spacial score (nSPS) is 19.3. The predicted octanol–water partition coefficient (Wildman–Crippen LogP) is 3.64. The molecule has 1 saturated heterocycles. The fourth-order valence-corrected chi connectivity index (χ4v) is 4.55. The van der Waals surface area contributed by atoms with E-state index in [0.29, 0.717) is 6.42 Å². The second kappa shape index (κ2) is 6.54. The van der Waals surface area contributed by atoms with Gasteiger partial charge in [-0.25, -0.2) is 4.98 Å². The first kappa shape index (κ1) is 16.2. The van der Waals surface area contributed by atoms with Crippen LogP contribution in [0.2, 0.25) is 0 Å². The molecule has 2 aromatic heterocycles. The van der Waals surface area contributed by atoms with Crippen LogP contribution < -0.4 is 0 Å². The van der Waals surface area contributed by atoms with Gasteiger partial charge in [0.2, 0.25) is 0 Å². The number of hydrogen-bond acceptors (Lipinski definition) is 5. The molecular weight excluding hydrogens is 334 g/mol. The van der Waals surface area contributed by atoms with Crippen LogP contribution in [0.5, 0.6) is 0 Å². The molecule has 0 aliphatic carbocycles. The standard InChI is InChI=1S/C19H19N3O2S/c1-12-8-9-14(20-11-12)17(22-10-4-6-15(22)19(23)24)18-21-13-5-2-3-7-16(13)25-18/h2-3,5,7-9,11,15,17H,4,6,10H2,1H3,(H,23,24). The number of para-hydroxylation sites is 1. The van der Waals surface area contributed by atoms with Crippen LogP contribution >= 0.6 is 11.3 Å².